The van der Waals surface area contributed by atoms with Crippen molar-refractivity contribution in [3.05, 3.63) is 42.5 Å². The fourth-order valence-electron chi connectivity index (χ4n) is 2.60. The van der Waals surface area contributed by atoms with Crippen LogP contribution in [0.15, 0.2) is 36.9 Å². The Balaban J connectivity index is 0.00000220. The Kier molecular flexibility index (Phi) is 10.1. The van der Waals surface area contributed by atoms with E-state index in [9.17, 15) is 4.79 Å². The molecule has 1 fully saturated rings. The number of carbonyl (C=O) groups excluding carboxylic acids is 1. The molecular weight excluding hydrogens is 323 g/mol. The van der Waals surface area contributed by atoms with E-state index in [-0.39, 0.29) is 30.8 Å². The second-order valence-corrected chi connectivity index (χ2v) is 4.99. The van der Waals surface area contributed by atoms with Crippen molar-refractivity contribution < 1.29 is 9.53 Å². The summed E-state index contributed by atoms with van der Waals surface area (Å²) in [5.74, 6) is 0.323. The maximum absolute atomic E-state index is 11.1. The summed E-state index contributed by atoms with van der Waals surface area (Å²) in [7, 11) is 0. The van der Waals surface area contributed by atoms with Gasteiger partial charge in [-0.1, -0.05) is 18.2 Å². The fraction of sp³-hybridized carbons (Fsp3) is 0.438. The molecule has 0 spiro atoms. The minimum Gasteiger partial charge on any atom is -0.427 e. The quantitative estimate of drug-likeness (QED) is 0.505. The van der Waals surface area contributed by atoms with E-state index in [2.05, 4.69) is 22.9 Å². The number of ether oxygens (including phenoxy) is 1. The van der Waals surface area contributed by atoms with Crippen molar-refractivity contribution >= 4 is 30.8 Å². The molecule has 0 saturated carbocycles. The van der Waals surface area contributed by atoms with E-state index in [1.165, 1.54) is 12.5 Å². The highest BCUT2D eigenvalue weighted by Crippen LogP contribution is 2.27. The Morgan fingerprint density at radius 2 is 2.09 bits per heavy atom. The highest BCUT2D eigenvalue weighted by atomic mass is 35.5. The summed E-state index contributed by atoms with van der Waals surface area (Å²) >= 11 is 0. The van der Waals surface area contributed by atoms with Gasteiger partial charge in [-0.15, -0.1) is 31.4 Å². The zero-order chi connectivity index (χ0) is 14.4. The maximum atomic E-state index is 11.1. The number of carbonyl (C=O) groups is 1. The van der Waals surface area contributed by atoms with Crippen LogP contribution in [0.5, 0.6) is 5.75 Å². The number of hydrogen-bond acceptors (Lipinski definition) is 4. The molecule has 2 rings (SSSR count). The van der Waals surface area contributed by atoms with Gasteiger partial charge in [-0.05, 0) is 24.1 Å². The second-order valence-electron chi connectivity index (χ2n) is 4.99. The third-order valence-electron chi connectivity index (χ3n) is 3.49. The number of nitrogens with one attached hydrogen (secondary N) is 1. The minimum absolute atomic E-state index is 0. The summed E-state index contributed by atoms with van der Waals surface area (Å²) in [6, 6.07) is 8.09. The van der Waals surface area contributed by atoms with Crippen LogP contribution in [-0.2, 0) is 4.79 Å². The van der Waals surface area contributed by atoms with Crippen LogP contribution in [0.3, 0.4) is 0 Å². The first-order chi connectivity index (χ1) is 9.70. The highest BCUT2D eigenvalue weighted by Gasteiger charge is 2.21. The lowest BCUT2D eigenvalue weighted by Crippen LogP contribution is -2.45. The van der Waals surface area contributed by atoms with Gasteiger partial charge < -0.3 is 10.1 Å². The molecule has 0 aromatic heterocycles. The van der Waals surface area contributed by atoms with Crippen LogP contribution >= 0.6 is 24.8 Å². The van der Waals surface area contributed by atoms with Gasteiger partial charge in [-0.25, -0.2) is 0 Å². The molecule has 6 heteroatoms. The van der Waals surface area contributed by atoms with Crippen LogP contribution in [0.1, 0.15) is 24.9 Å². The van der Waals surface area contributed by atoms with E-state index in [0.717, 1.165) is 32.6 Å². The third kappa shape index (κ3) is 5.97. The lowest BCUT2D eigenvalue weighted by Gasteiger charge is -2.34. The van der Waals surface area contributed by atoms with E-state index >= 15 is 0 Å². The van der Waals surface area contributed by atoms with E-state index in [4.69, 9.17) is 4.74 Å². The molecule has 1 atom stereocenters. The average Bonchev–Trinajstić information content (AvgIpc) is 2.45. The van der Waals surface area contributed by atoms with Crippen molar-refractivity contribution in [1.82, 2.24) is 10.2 Å². The molecule has 1 aliphatic heterocycles. The summed E-state index contributed by atoms with van der Waals surface area (Å²) < 4.78 is 5.17. The predicted molar refractivity (Wildman–Crippen MR) is 94.2 cm³/mol. The molecule has 0 amide bonds. The van der Waals surface area contributed by atoms with Gasteiger partial charge in [0.25, 0.3) is 0 Å². The Labute approximate surface area is 144 Å². The zero-order valence-corrected chi connectivity index (χ0v) is 14.4. The fourth-order valence-corrected chi connectivity index (χ4v) is 2.60. The first-order valence-electron chi connectivity index (χ1n) is 7.04. The molecule has 0 radical (unpaired) electrons. The number of piperazine rings is 1. The number of nitrogens with zero attached hydrogens (tertiary/aromatic N) is 1. The second kappa shape index (κ2) is 10.6. The van der Waals surface area contributed by atoms with Gasteiger partial charge in [-0.3, -0.25) is 9.69 Å². The lowest BCUT2D eigenvalue weighted by atomic mass is 10.0. The number of esters is 1. The molecule has 1 saturated heterocycles. The van der Waals surface area contributed by atoms with Gasteiger partial charge in [0.2, 0.25) is 0 Å². The molecule has 22 heavy (non-hydrogen) atoms. The zero-order valence-electron chi connectivity index (χ0n) is 12.8. The average molecular weight is 347 g/mol. The van der Waals surface area contributed by atoms with Gasteiger partial charge in [0.1, 0.15) is 5.75 Å². The van der Waals surface area contributed by atoms with E-state index in [0.29, 0.717) is 11.8 Å². The smallest absolute Gasteiger partial charge is 0.308 e. The summed E-state index contributed by atoms with van der Waals surface area (Å²) in [6.07, 6.45) is 2.84. The normalized spacial score (nSPS) is 15.9. The van der Waals surface area contributed by atoms with Crippen molar-refractivity contribution in [2.75, 3.05) is 26.2 Å². The first kappa shape index (κ1) is 20.9. The van der Waals surface area contributed by atoms with Gasteiger partial charge in [0, 0.05) is 39.1 Å². The first-order valence-corrected chi connectivity index (χ1v) is 7.04. The summed E-state index contributed by atoms with van der Waals surface area (Å²) in [5, 5.41) is 3.36. The number of halogens is 2. The van der Waals surface area contributed by atoms with Crippen molar-refractivity contribution in [2.24, 2.45) is 0 Å². The number of rotatable bonds is 5. The molecule has 1 aromatic rings. The summed E-state index contributed by atoms with van der Waals surface area (Å²) in [4.78, 5) is 13.5. The standard InChI is InChI=1S/C16H22N2O2.2ClH/c1-3-5-16(18-10-8-17-9-11-18)14-6-4-7-15(12-14)20-13(2)19;;/h3-4,6-7,12,16-17H,1,5,8-11H2,2H3;2*1H/t16-;;/m0../s1. The topological polar surface area (TPSA) is 41.6 Å². The molecule has 0 bridgehead atoms. The number of benzene rings is 1. The van der Waals surface area contributed by atoms with E-state index in [1.807, 2.05) is 24.3 Å². The largest absolute Gasteiger partial charge is 0.427 e. The lowest BCUT2D eigenvalue weighted by molar-refractivity contribution is -0.131. The Morgan fingerprint density at radius 3 is 2.68 bits per heavy atom. The molecule has 124 valence electrons. The summed E-state index contributed by atoms with van der Waals surface area (Å²) in [5.41, 5.74) is 1.17. The molecule has 0 aliphatic carbocycles. The van der Waals surface area contributed by atoms with Crippen molar-refractivity contribution in [3.63, 3.8) is 0 Å². The Bertz CT molecular complexity index is 477. The van der Waals surface area contributed by atoms with Crippen molar-refractivity contribution in [1.29, 1.82) is 0 Å². The maximum Gasteiger partial charge on any atom is 0.308 e. The SMILES string of the molecule is C=CC[C@@H](c1cccc(OC(C)=O)c1)N1CCNCC1.Cl.Cl. The third-order valence-corrected chi connectivity index (χ3v) is 3.49. The van der Waals surface area contributed by atoms with Gasteiger partial charge in [0.05, 0.1) is 0 Å². The Morgan fingerprint density at radius 1 is 1.41 bits per heavy atom. The van der Waals surface area contributed by atoms with Gasteiger partial charge in [0.15, 0.2) is 0 Å². The number of hydrogen-bond donors (Lipinski definition) is 1. The van der Waals surface area contributed by atoms with E-state index in [1.54, 1.807) is 0 Å². The molecule has 1 heterocycles. The monoisotopic (exact) mass is 346 g/mol. The molecule has 0 unspecified atom stereocenters. The van der Waals surface area contributed by atoms with Crippen molar-refractivity contribution in [3.8, 4) is 5.75 Å². The Hall–Kier alpha value is -1.07. The van der Waals surface area contributed by atoms with Crippen LogP contribution in [-0.4, -0.2) is 37.0 Å². The van der Waals surface area contributed by atoms with Gasteiger partial charge in [-0.2, -0.15) is 0 Å². The molecule has 1 aliphatic rings. The molecule has 1 N–H and O–H groups in total. The molecule has 1 aromatic carbocycles. The van der Waals surface area contributed by atoms with Crippen LogP contribution < -0.4 is 10.1 Å². The van der Waals surface area contributed by atoms with E-state index < -0.39 is 0 Å². The van der Waals surface area contributed by atoms with Gasteiger partial charge >= 0.3 is 5.97 Å². The van der Waals surface area contributed by atoms with Crippen LogP contribution in [0.2, 0.25) is 0 Å². The van der Waals surface area contributed by atoms with Crippen molar-refractivity contribution in [2.45, 2.75) is 19.4 Å². The van der Waals surface area contributed by atoms with Crippen LogP contribution in [0.25, 0.3) is 0 Å². The highest BCUT2D eigenvalue weighted by molar-refractivity contribution is 5.85. The van der Waals surface area contributed by atoms with Crippen LogP contribution in [0.4, 0.5) is 0 Å². The molecular formula is C16H24Cl2N2O2. The minimum atomic E-state index is -0.287. The summed E-state index contributed by atoms with van der Waals surface area (Å²) in [6.45, 7) is 9.36. The van der Waals surface area contributed by atoms with Crippen LogP contribution in [0, 0.1) is 0 Å². The molecule has 4 nitrogen and oxygen atoms in total. The predicted octanol–water partition coefficient (Wildman–Crippen LogP) is 2.98.